The molecule has 4 nitrogen and oxygen atoms in total. The van der Waals surface area contributed by atoms with Crippen LogP contribution in [0.5, 0.6) is 0 Å². The maximum Gasteiger partial charge on any atom is 0.259 e. The number of halogens is 1. The number of nitrogens with zero attached hydrogens (tertiary/aromatic N) is 1. The van der Waals surface area contributed by atoms with Crippen molar-refractivity contribution in [2.45, 2.75) is 20.3 Å². The van der Waals surface area contributed by atoms with Gasteiger partial charge >= 0.3 is 0 Å². The molecule has 2 aromatic rings. The van der Waals surface area contributed by atoms with Crippen molar-refractivity contribution in [3.63, 3.8) is 0 Å². The van der Waals surface area contributed by atoms with E-state index >= 15 is 0 Å². The van der Waals surface area contributed by atoms with Crippen molar-refractivity contribution in [2.24, 2.45) is 0 Å². The largest absolute Gasteiger partial charge is 0.384 e. The lowest BCUT2D eigenvalue weighted by Gasteiger charge is -2.11. The molecule has 1 amide bonds. The molecule has 0 aliphatic carbocycles. The number of carbonyl (C=O) groups is 1. The van der Waals surface area contributed by atoms with E-state index in [1.54, 1.807) is 31.3 Å². The SMILES string of the molecule is CCCNc1ccncc1C(=O)Nc1ccc(C)c(F)c1. The Bertz CT molecular complexity index is 643. The Morgan fingerprint density at radius 2 is 2.14 bits per heavy atom. The summed E-state index contributed by atoms with van der Waals surface area (Å²) in [6.45, 7) is 4.49. The van der Waals surface area contributed by atoms with Gasteiger partial charge in [-0.1, -0.05) is 13.0 Å². The minimum Gasteiger partial charge on any atom is -0.384 e. The van der Waals surface area contributed by atoms with Crippen molar-refractivity contribution in [2.75, 3.05) is 17.2 Å². The van der Waals surface area contributed by atoms with E-state index in [0.717, 1.165) is 18.7 Å². The van der Waals surface area contributed by atoms with Crippen LogP contribution in [0.15, 0.2) is 36.7 Å². The number of benzene rings is 1. The Kier molecular flexibility index (Phi) is 4.87. The van der Waals surface area contributed by atoms with Crippen LogP contribution in [0, 0.1) is 12.7 Å². The molecule has 2 N–H and O–H groups in total. The van der Waals surface area contributed by atoms with Gasteiger partial charge in [-0.3, -0.25) is 9.78 Å². The smallest absolute Gasteiger partial charge is 0.259 e. The number of aromatic nitrogens is 1. The summed E-state index contributed by atoms with van der Waals surface area (Å²) in [6.07, 6.45) is 4.07. The Morgan fingerprint density at radius 3 is 2.86 bits per heavy atom. The summed E-state index contributed by atoms with van der Waals surface area (Å²) in [5.41, 5.74) is 2.12. The Balaban J connectivity index is 2.18. The van der Waals surface area contributed by atoms with Crippen molar-refractivity contribution in [1.82, 2.24) is 4.98 Å². The van der Waals surface area contributed by atoms with Gasteiger partial charge in [0.25, 0.3) is 5.91 Å². The van der Waals surface area contributed by atoms with Gasteiger partial charge < -0.3 is 10.6 Å². The number of hydrogen-bond acceptors (Lipinski definition) is 3. The molecule has 1 aromatic carbocycles. The molecular formula is C16H18FN3O. The van der Waals surface area contributed by atoms with Gasteiger partial charge in [-0.2, -0.15) is 0 Å². The molecule has 0 radical (unpaired) electrons. The summed E-state index contributed by atoms with van der Waals surface area (Å²) in [4.78, 5) is 16.3. The number of hydrogen-bond donors (Lipinski definition) is 2. The maximum absolute atomic E-state index is 13.5. The van der Waals surface area contributed by atoms with Crippen molar-refractivity contribution < 1.29 is 9.18 Å². The first kappa shape index (κ1) is 15.0. The zero-order valence-electron chi connectivity index (χ0n) is 12.1. The van der Waals surface area contributed by atoms with E-state index in [1.807, 2.05) is 6.92 Å². The Hall–Kier alpha value is -2.43. The second-order valence-electron chi connectivity index (χ2n) is 4.77. The maximum atomic E-state index is 13.5. The lowest BCUT2D eigenvalue weighted by Crippen LogP contribution is -2.15. The molecule has 110 valence electrons. The molecule has 0 aliphatic heterocycles. The summed E-state index contributed by atoms with van der Waals surface area (Å²) >= 11 is 0. The highest BCUT2D eigenvalue weighted by Gasteiger charge is 2.12. The number of pyridine rings is 1. The van der Waals surface area contributed by atoms with Gasteiger partial charge in [0, 0.05) is 24.6 Å². The van der Waals surface area contributed by atoms with Gasteiger partial charge in [-0.25, -0.2) is 4.39 Å². The van der Waals surface area contributed by atoms with Crippen LogP contribution < -0.4 is 10.6 Å². The van der Waals surface area contributed by atoms with Crippen LogP contribution in [0.2, 0.25) is 0 Å². The third-order valence-electron chi connectivity index (χ3n) is 3.06. The van der Waals surface area contributed by atoms with E-state index in [0.29, 0.717) is 16.8 Å². The molecule has 5 heteroatoms. The Morgan fingerprint density at radius 1 is 1.33 bits per heavy atom. The van der Waals surface area contributed by atoms with Crippen LogP contribution in [0.25, 0.3) is 0 Å². The first-order chi connectivity index (χ1) is 10.1. The average Bonchev–Trinajstić information content (AvgIpc) is 2.49. The standard InChI is InChI=1S/C16H18FN3O/c1-3-7-19-15-6-8-18-10-13(15)16(21)20-12-5-4-11(2)14(17)9-12/h4-6,8-10H,3,7H2,1-2H3,(H,18,19)(H,20,21). The summed E-state index contributed by atoms with van der Waals surface area (Å²) in [7, 11) is 0. The predicted molar refractivity (Wildman–Crippen MR) is 82.1 cm³/mol. The number of anilines is 2. The second kappa shape index (κ2) is 6.83. The first-order valence-electron chi connectivity index (χ1n) is 6.87. The van der Waals surface area contributed by atoms with Crippen LogP contribution in [0.4, 0.5) is 15.8 Å². The number of amides is 1. The Labute approximate surface area is 123 Å². The first-order valence-corrected chi connectivity index (χ1v) is 6.87. The molecule has 0 saturated heterocycles. The van der Waals surface area contributed by atoms with Crippen molar-refractivity contribution in [1.29, 1.82) is 0 Å². The summed E-state index contributed by atoms with van der Waals surface area (Å²) < 4.78 is 13.5. The highest BCUT2D eigenvalue weighted by molar-refractivity contribution is 6.07. The fraction of sp³-hybridized carbons (Fsp3) is 0.250. The quantitative estimate of drug-likeness (QED) is 0.883. The summed E-state index contributed by atoms with van der Waals surface area (Å²) in [5.74, 6) is -0.659. The van der Waals surface area contributed by atoms with Crippen molar-refractivity contribution >= 4 is 17.3 Å². The van der Waals surface area contributed by atoms with E-state index in [-0.39, 0.29) is 11.7 Å². The monoisotopic (exact) mass is 287 g/mol. The van der Waals surface area contributed by atoms with Gasteiger partial charge in [-0.05, 0) is 37.1 Å². The molecule has 0 spiro atoms. The minimum atomic E-state index is -0.344. The second-order valence-corrected chi connectivity index (χ2v) is 4.77. The zero-order valence-corrected chi connectivity index (χ0v) is 12.1. The minimum absolute atomic E-state index is 0.315. The molecule has 1 heterocycles. The zero-order chi connectivity index (χ0) is 15.2. The molecule has 0 unspecified atom stereocenters. The molecule has 2 rings (SSSR count). The number of rotatable bonds is 5. The lowest BCUT2D eigenvalue weighted by molar-refractivity contribution is 0.102. The highest BCUT2D eigenvalue weighted by Crippen LogP contribution is 2.18. The average molecular weight is 287 g/mol. The van der Waals surface area contributed by atoms with Crippen LogP contribution in [-0.4, -0.2) is 17.4 Å². The van der Waals surface area contributed by atoms with Crippen molar-refractivity contribution in [3.05, 3.63) is 53.6 Å². The van der Waals surface area contributed by atoms with Crippen molar-refractivity contribution in [3.8, 4) is 0 Å². The number of aryl methyl sites for hydroxylation is 1. The molecule has 0 saturated carbocycles. The van der Waals surface area contributed by atoms with Crippen LogP contribution >= 0.6 is 0 Å². The van der Waals surface area contributed by atoms with Crippen LogP contribution in [0.3, 0.4) is 0 Å². The fourth-order valence-corrected chi connectivity index (χ4v) is 1.86. The van der Waals surface area contributed by atoms with E-state index in [2.05, 4.69) is 15.6 Å². The lowest BCUT2D eigenvalue weighted by atomic mass is 10.2. The van der Waals surface area contributed by atoms with Gasteiger partial charge in [-0.15, -0.1) is 0 Å². The van der Waals surface area contributed by atoms with E-state index in [9.17, 15) is 9.18 Å². The number of carbonyl (C=O) groups excluding carboxylic acids is 1. The summed E-state index contributed by atoms with van der Waals surface area (Å²) in [5, 5.41) is 5.86. The summed E-state index contributed by atoms with van der Waals surface area (Å²) in [6, 6.07) is 6.36. The van der Waals surface area contributed by atoms with Gasteiger partial charge in [0.1, 0.15) is 5.82 Å². The van der Waals surface area contributed by atoms with Gasteiger partial charge in [0.15, 0.2) is 0 Å². The third-order valence-corrected chi connectivity index (χ3v) is 3.06. The van der Waals surface area contributed by atoms with Gasteiger partial charge in [0.2, 0.25) is 0 Å². The van der Waals surface area contributed by atoms with Gasteiger partial charge in [0.05, 0.1) is 11.3 Å². The molecule has 0 bridgehead atoms. The van der Waals surface area contributed by atoms with E-state index < -0.39 is 0 Å². The molecule has 0 atom stereocenters. The van der Waals surface area contributed by atoms with Crippen LogP contribution in [-0.2, 0) is 0 Å². The topological polar surface area (TPSA) is 54.0 Å². The predicted octanol–water partition coefficient (Wildman–Crippen LogP) is 3.60. The third kappa shape index (κ3) is 3.78. The fourth-order valence-electron chi connectivity index (χ4n) is 1.86. The number of nitrogens with one attached hydrogen (secondary N) is 2. The molecule has 0 fully saturated rings. The molecule has 1 aromatic heterocycles. The van der Waals surface area contributed by atoms with E-state index in [4.69, 9.17) is 0 Å². The highest BCUT2D eigenvalue weighted by atomic mass is 19.1. The molecule has 0 aliphatic rings. The van der Waals surface area contributed by atoms with E-state index in [1.165, 1.54) is 12.3 Å². The molecule has 21 heavy (non-hydrogen) atoms. The molecular weight excluding hydrogens is 269 g/mol. The normalized spacial score (nSPS) is 10.2. The van der Waals surface area contributed by atoms with Crippen LogP contribution in [0.1, 0.15) is 29.3 Å².